The van der Waals surface area contributed by atoms with Crippen molar-refractivity contribution < 1.29 is 0 Å². The SMILES string of the molecule is CC1(C)CCC(C)(C)c2c([B]C3=CCCC=C3)csc21. The van der Waals surface area contributed by atoms with E-state index < -0.39 is 0 Å². The maximum absolute atomic E-state index is 2.41. The summed E-state index contributed by atoms with van der Waals surface area (Å²) in [6.45, 7) is 9.63. The molecule has 2 heteroatoms. The van der Waals surface area contributed by atoms with Crippen molar-refractivity contribution in [1.82, 2.24) is 0 Å². The molecule has 1 aromatic rings. The quantitative estimate of drug-likeness (QED) is 0.692. The molecule has 1 radical (unpaired) electrons. The van der Waals surface area contributed by atoms with Gasteiger partial charge in [-0.25, -0.2) is 0 Å². The lowest BCUT2D eigenvalue weighted by molar-refractivity contribution is 0.340. The summed E-state index contributed by atoms with van der Waals surface area (Å²) in [5.41, 5.74) is 5.11. The Balaban J connectivity index is 2.00. The molecule has 0 fully saturated rings. The van der Waals surface area contributed by atoms with Crippen LogP contribution >= 0.6 is 11.3 Å². The molecule has 0 unspecified atom stereocenters. The van der Waals surface area contributed by atoms with Crippen molar-refractivity contribution in [3.63, 3.8) is 0 Å². The van der Waals surface area contributed by atoms with Crippen molar-refractivity contribution in [3.8, 4) is 0 Å². The van der Waals surface area contributed by atoms with Gasteiger partial charge in [0, 0.05) is 4.88 Å². The van der Waals surface area contributed by atoms with Crippen LogP contribution in [0.1, 0.15) is 63.8 Å². The van der Waals surface area contributed by atoms with Gasteiger partial charge in [0.1, 0.15) is 0 Å². The summed E-state index contributed by atoms with van der Waals surface area (Å²) in [6, 6.07) is 0. The Bertz CT molecular complexity index is 572. The van der Waals surface area contributed by atoms with Crippen LogP contribution in [0.15, 0.2) is 29.1 Å². The summed E-state index contributed by atoms with van der Waals surface area (Å²) in [5.74, 6) is 0. The number of rotatable bonds is 2. The molecule has 2 aliphatic rings. The van der Waals surface area contributed by atoms with Crippen molar-refractivity contribution >= 4 is 24.1 Å². The zero-order valence-electron chi connectivity index (χ0n) is 13.1. The highest BCUT2D eigenvalue weighted by Gasteiger charge is 2.39. The van der Waals surface area contributed by atoms with E-state index in [1.54, 1.807) is 10.4 Å². The van der Waals surface area contributed by atoms with Gasteiger partial charge in [-0.05, 0) is 47.5 Å². The maximum Gasteiger partial charge on any atom is 0.192 e. The maximum atomic E-state index is 2.41. The molecule has 1 aromatic heterocycles. The second-order valence-electron chi connectivity index (χ2n) is 7.49. The van der Waals surface area contributed by atoms with Gasteiger partial charge in [-0.3, -0.25) is 0 Å². The first-order valence-corrected chi connectivity index (χ1v) is 8.62. The summed E-state index contributed by atoms with van der Waals surface area (Å²) >= 11 is 1.97. The minimum absolute atomic E-state index is 0.315. The van der Waals surface area contributed by atoms with E-state index in [2.05, 4.69) is 58.6 Å². The van der Waals surface area contributed by atoms with Crippen LogP contribution in [0.2, 0.25) is 0 Å². The summed E-state index contributed by atoms with van der Waals surface area (Å²) in [7, 11) is 2.40. The van der Waals surface area contributed by atoms with Gasteiger partial charge in [0.15, 0.2) is 7.28 Å². The first-order chi connectivity index (χ1) is 9.40. The molecular formula is C18H24BS. The number of allylic oxidation sites excluding steroid dienone is 4. The molecule has 0 atom stereocenters. The van der Waals surface area contributed by atoms with Crippen LogP contribution < -0.4 is 5.46 Å². The molecule has 0 amide bonds. The summed E-state index contributed by atoms with van der Waals surface area (Å²) in [6.07, 6.45) is 11.9. The minimum atomic E-state index is 0.315. The smallest absolute Gasteiger partial charge is 0.149 e. The van der Waals surface area contributed by atoms with E-state index in [0.29, 0.717) is 10.8 Å². The highest BCUT2D eigenvalue weighted by Crippen LogP contribution is 2.47. The second-order valence-corrected chi connectivity index (χ2v) is 8.37. The Morgan fingerprint density at radius 1 is 1.05 bits per heavy atom. The van der Waals surface area contributed by atoms with Gasteiger partial charge in [-0.1, -0.05) is 56.9 Å². The third-order valence-corrected chi connectivity index (χ3v) is 6.20. The Hall–Kier alpha value is -0.755. The highest BCUT2D eigenvalue weighted by molar-refractivity contribution is 7.11. The summed E-state index contributed by atoms with van der Waals surface area (Å²) in [5, 5.41) is 2.38. The fraction of sp³-hybridized carbons (Fsp3) is 0.556. The standard InChI is InChI=1S/C18H24BS/c1-17(2)10-11-18(3,4)16-15(17)14(12-20-16)19-13-8-6-5-7-9-13/h6,8-9,12H,5,7,10-11H2,1-4H3. The molecule has 0 aliphatic heterocycles. The highest BCUT2D eigenvalue weighted by atomic mass is 32.1. The van der Waals surface area contributed by atoms with E-state index in [0.717, 1.165) is 0 Å². The summed E-state index contributed by atoms with van der Waals surface area (Å²) < 4.78 is 0. The van der Waals surface area contributed by atoms with Gasteiger partial charge in [0.2, 0.25) is 0 Å². The number of hydrogen-bond donors (Lipinski definition) is 0. The van der Waals surface area contributed by atoms with E-state index in [-0.39, 0.29) is 0 Å². The van der Waals surface area contributed by atoms with Crippen LogP contribution in [-0.4, -0.2) is 7.28 Å². The lowest BCUT2D eigenvalue weighted by Crippen LogP contribution is -2.37. The van der Waals surface area contributed by atoms with Crippen LogP contribution in [0.3, 0.4) is 0 Å². The van der Waals surface area contributed by atoms with E-state index >= 15 is 0 Å². The number of fused-ring (bicyclic) bond motifs is 1. The van der Waals surface area contributed by atoms with Crippen molar-refractivity contribution in [2.24, 2.45) is 0 Å². The molecular weight excluding hydrogens is 259 g/mol. The molecule has 0 saturated heterocycles. The Morgan fingerprint density at radius 2 is 1.80 bits per heavy atom. The molecule has 0 bridgehead atoms. The van der Waals surface area contributed by atoms with Gasteiger partial charge in [-0.2, -0.15) is 0 Å². The Labute approximate surface area is 128 Å². The van der Waals surface area contributed by atoms with Crippen LogP contribution in [0, 0.1) is 0 Å². The van der Waals surface area contributed by atoms with Gasteiger partial charge < -0.3 is 0 Å². The van der Waals surface area contributed by atoms with Gasteiger partial charge in [0.25, 0.3) is 0 Å². The molecule has 0 aromatic carbocycles. The van der Waals surface area contributed by atoms with Crippen molar-refractivity contribution in [2.45, 2.75) is 64.2 Å². The van der Waals surface area contributed by atoms with Crippen LogP contribution in [0.5, 0.6) is 0 Å². The third kappa shape index (κ3) is 2.43. The topological polar surface area (TPSA) is 0 Å². The molecule has 3 rings (SSSR count). The number of thiophene rings is 1. The van der Waals surface area contributed by atoms with Crippen molar-refractivity contribution in [2.75, 3.05) is 0 Å². The monoisotopic (exact) mass is 283 g/mol. The van der Waals surface area contributed by atoms with Crippen LogP contribution in [0.25, 0.3) is 0 Å². The molecule has 1 heterocycles. The second kappa shape index (κ2) is 4.91. The predicted octanol–water partition coefficient (Wildman–Crippen LogP) is 4.66. The Kier molecular flexibility index (Phi) is 3.48. The normalized spacial score (nSPS) is 23.1. The largest absolute Gasteiger partial charge is 0.192 e. The van der Waals surface area contributed by atoms with Crippen molar-refractivity contribution in [3.05, 3.63) is 39.5 Å². The molecule has 0 nitrogen and oxygen atoms in total. The zero-order valence-corrected chi connectivity index (χ0v) is 13.9. The fourth-order valence-corrected chi connectivity index (χ4v) is 4.82. The molecule has 0 saturated carbocycles. The first-order valence-electron chi connectivity index (χ1n) is 7.74. The van der Waals surface area contributed by atoms with Crippen molar-refractivity contribution in [1.29, 1.82) is 0 Å². The molecule has 2 aliphatic carbocycles. The first kappa shape index (κ1) is 14.2. The number of hydrogen-bond acceptors (Lipinski definition) is 1. The minimum Gasteiger partial charge on any atom is -0.149 e. The molecule has 0 spiro atoms. The lowest BCUT2D eigenvalue weighted by Gasteiger charge is -2.40. The average molecular weight is 283 g/mol. The Morgan fingerprint density at radius 3 is 2.50 bits per heavy atom. The van der Waals surface area contributed by atoms with Gasteiger partial charge >= 0.3 is 0 Å². The zero-order chi connectivity index (χ0) is 14.4. The summed E-state index contributed by atoms with van der Waals surface area (Å²) in [4.78, 5) is 1.61. The lowest BCUT2D eigenvalue weighted by atomic mass is 9.56. The molecule has 105 valence electrons. The third-order valence-electron chi connectivity index (χ3n) is 4.83. The average Bonchev–Trinajstić information content (AvgIpc) is 2.83. The van der Waals surface area contributed by atoms with Crippen LogP contribution in [-0.2, 0) is 10.8 Å². The fourth-order valence-electron chi connectivity index (χ4n) is 3.46. The molecule has 20 heavy (non-hydrogen) atoms. The predicted molar refractivity (Wildman–Crippen MR) is 91.5 cm³/mol. The van der Waals surface area contributed by atoms with E-state index in [9.17, 15) is 0 Å². The molecule has 0 N–H and O–H groups in total. The van der Waals surface area contributed by atoms with E-state index in [1.165, 1.54) is 36.6 Å². The van der Waals surface area contributed by atoms with Crippen LogP contribution in [0.4, 0.5) is 0 Å². The van der Waals surface area contributed by atoms with E-state index in [1.807, 2.05) is 11.3 Å². The van der Waals surface area contributed by atoms with E-state index in [4.69, 9.17) is 0 Å². The van der Waals surface area contributed by atoms with Gasteiger partial charge in [0.05, 0.1) is 0 Å². The van der Waals surface area contributed by atoms with Gasteiger partial charge in [-0.15, -0.1) is 11.3 Å².